The monoisotopic (exact) mass is 332 g/mol. The van der Waals surface area contributed by atoms with Crippen LogP contribution in [0.3, 0.4) is 0 Å². The zero-order valence-corrected chi connectivity index (χ0v) is 13.6. The van der Waals surface area contributed by atoms with E-state index in [0.717, 1.165) is 11.3 Å². The smallest absolute Gasteiger partial charge is 0.259 e. The molecule has 1 N–H and O–H groups in total. The number of nitrogens with zero attached hydrogens (tertiary/aromatic N) is 3. The molecule has 0 radical (unpaired) electrons. The Morgan fingerprint density at radius 2 is 1.72 bits per heavy atom. The molecule has 3 aromatic rings. The third-order valence-corrected chi connectivity index (χ3v) is 4.08. The van der Waals surface area contributed by atoms with Crippen LogP contribution in [-0.2, 0) is 6.54 Å². The van der Waals surface area contributed by atoms with E-state index in [1.165, 1.54) is 0 Å². The van der Waals surface area contributed by atoms with Gasteiger partial charge in [0.2, 0.25) is 0 Å². The molecule has 124 valence electrons. The van der Waals surface area contributed by atoms with Gasteiger partial charge in [-0.2, -0.15) is 0 Å². The van der Waals surface area contributed by atoms with Gasteiger partial charge in [0.15, 0.2) is 5.82 Å². The van der Waals surface area contributed by atoms with Crippen molar-refractivity contribution < 1.29 is 9.53 Å². The number of anilines is 3. The number of carbonyl (C=O) groups excluding carboxylic acids is 1. The lowest BCUT2D eigenvalue weighted by Gasteiger charge is -2.23. The molecule has 6 nitrogen and oxygen atoms in total. The lowest BCUT2D eigenvalue weighted by atomic mass is 10.2. The van der Waals surface area contributed by atoms with Crippen LogP contribution in [0.25, 0.3) is 0 Å². The fraction of sp³-hybridized carbons (Fsp3) is 0.105. The Hall–Kier alpha value is -3.41. The summed E-state index contributed by atoms with van der Waals surface area (Å²) >= 11 is 0. The van der Waals surface area contributed by atoms with Crippen molar-refractivity contribution in [1.29, 1.82) is 0 Å². The van der Waals surface area contributed by atoms with Crippen molar-refractivity contribution in [2.24, 2.45) is 0 Å². The number of carbonyl (C=O) groups is 1. The van der Waals surface area contributed by atoms with Gasteiger partial charge in [0, 0.05) is 12.4 Å². The predicted octanol–water partition coefficient (Wildman–Crippen LogP) is 3.39. The van der Waals surface area contributed by atoms with Gasteiger partial charge in [-0.3, -0.25) is 4.79 Å². The number of pyridine rings is 2. The minimum atomic E-state index is -0.186. The number of ether oxygens (including phenoxy) is 1. The van der Waals surface area contributed by atoms with E-state index >= 15 is 0 Å². The van der Waals surface area contributed by atoms with Gasteiger partial charge < -0.3 is 15.0 Å². The average molecular weight is 332 g/mol. The molecular formula is C19H16N4O2. The van der Waals surface area contributed by atoms with Gasteiger partial charge in [-0.1, -0.05) is 12.1 Å². The highest BCUT2D eigenvalue weighted by atomic mass is 16.5. The highest BCUT2D eigenvalue weighted by molar-refractivity contribution is 6.11. The second kappa shape index (κ2) is 6.24. The lowest BCUT2D eigenvalue weighted by molar-refractivity contribution is 0.102. The summed E-state index contributed by atoms with van der Waals surface area (Å²) in [5.74, 6) is 1.88. The first-order chi connectivity index (χ1) is 12.3. The Morgan fingerprint density at radius 3 is 2.48 bits per heavy atom. The zero-order valence-electron chi connectivity index (χ0n) is 13.6. The summed E-state index contributed by atoms with van der Waals surface area (Å²) in [7, 11) is 1.64. The molecule has 2 aromatic heterocycles. The van der Waals surface area contributed by atoms with E-state index in [-0.39, 0.29) is 5.91 Å². The molecule has 0 saturated carbocycles. The molecule has 6 heteroatoms. The Kier molecular flexibility index (Phi) is 3.78. The Balaban J connectivity index is 1.81. The van der Waals surface area contributed by atoms with E-state index in [0.29, 0.717) is 29.4 Å². The summed E-state index contributed by atoms with van der Waals surface area (Å²) in [6.07, 6.45) is 3.39. The maximum Gasteiger partial charge on any atom is 0.259 e. The largest absolute Gasteiger partial charge is 0.497 e. The number of methoxy groups -OCH3 is 1. The summed E-state index contributed by atoms with van der Waals surface area (Å²) in [5.41, 5.74) is 2.25. The van der Waals surface area contributed by atoms with Gasteiger partial charge in [0.05, 0.1) is 24.9 Å². The highest BCUT2D eigenvalue weighted by Gasteiger charge is 2.27. The Morgan fingerprint density at radius 1 is 1.00 bits per heavy atom. The molecule has 0 spiro atoms. The van der Waals surface area contributed by atoms with Crippen molar-refractivity contribution in [3.63, 3.8) is 0 Å². The second-order valence-electron chi connectivity index (χ2n) is 5.64. The molecule has 1 aromatic carbocycles. The van der Waals surface area contributed by atoms with Crippen LogP contribution in [0.5, 0.6) is 5.75 Å². The van der Waals surface area contributed by atoms with Gasteiger partial charge in [-0.15, -0.1) is 0 Å². The van der Waals surface area contributed by atoms with E-state index in [1.807, 2.05) is 35.2 Å². The summed E-state index contributed by atoms with van der Waals surface area (Å²) < 4.78 is 5.21. The first kappa shape index (κ1) is 15.1. The molecule has 0 unspecified atom stereocenters. The number of hydrogen-bond donors (Lipinski definition) is 1. The number of benzene rings is 1. The normalized spacial score (nSPS) is 12.7. The topological polar surface area (TPSA) is 67.3 Å². The van der Waals surface area contributed by atoms with Crippen molar-refractivity contribution in [2.45, 2.75) is 6.54 Å². The first-order valence-corrected chi connectivity index (χ1v) is 7.88. The van der Waals surface area contributed by atoms with Crippen LogP contribution >= 0.6 is 0 Å². The second-order valence-corrected chi connectivity index (χ2v) is 5.64. The Labute approximate surface area is 145 Å². The molecule has 1 aliphatic heterocycles. The summed E-state index contributed by atoms with van der Waals surface area (Å²) in [6.45, 7) is 0.535. The fourth-order valence-electron chi connectivity index (χ4n) is 2.85. The van der Waals surface area contributed by atoms with Crippen LogP contribution in [0.15, 0.2) is 60.9 Å². The zero-order chi connectivity index (χ0) is 17.2. The van der Waals surface area contributed by atoms with Crippen LogP contribution < -0.4 is 15.0 Å². The van der Waals surface area contributed by atoms with Gasteiger partial charge in [-0.25, -0.2) is 9.97 Å². The molecule has 1 aliphatic rings. The fourth-order valence-corrected chi connectivity index (χ4v) is 2.85. The molecule has 1 amide bonds. The molecule has 3 heterocycles. The molecule has 0 aliphatic carbocycles. The molecule has 0 saturated heterocycles. The number of rotatable bonds is 3. The highest BCUT2D eigenvalue weighted by Crippen LogP contribution is 2.35. The minimum Gasteiger partial charge on any atom is -0.497 e. The van der Waals surface area contributed by atoms with Gasteiger partial charge in [0.25, 0.3) is 5.91 Å². The van der Waals surface area contributed by atoms with Crippen LogP contribution in [0, 0.1) is 0 Å². The number of hydrogen-bond acceptors (Lipinski definition) is 5. The predicted molar refractivity (Wildman–Crippen MR) is 95.3 cm³/mol. The number of nitrogens with one attached hydrogen (secondary N) is 1. The van der Waals surface area contributed by atoms with Crippen molar-refractivity contribution >= 4 is 23.2 Å². The van der Waals surface area contributed by atoms with Crippen molar-refractivity contribution in [2.75, 3.05) is 17.3 Å². The van der Waals surface area contributed by atoms with Gasteiger partial charge >= 0.3 is 0 Å². The first-order valence-electron chi connectivity index (χ1n) is 7.88. The molecular weight excluding hydrogens is 316 g/mol. The van der Waals surface area contributed by atoms with Crippen molar-refractivity contribution in [3.8, 4) is 5.75 Å². The van der Waals surface area contributed by atoms with Gasteiger partial charge in [-0.05, 0) is 42.0 Å². The van der Waals surface area contributed by atoms with E-state index in [2.05, 4.69) is 15.3 Å². The maximum absolute atomic E-state index is 12.5. The summed E-state index contributed by atoms with van der Waals surface area (Å²) in [5, 5.41) is 2.91. The number of aromatic nitrogens is 2. The summed E-state index contributed by atoms with van der Waals surface area (Å²) in [4.78, 5) is 23.4. The molecule has 25 heavy (non-hydrogen) atoms. The van der Waals surface area contributed by atoms with Crippen LogP contribution in [0.2, 0.25) is 0 Å². The quantitative estimate of drug-likeness (QED) is 0.796. The van der Waals surface area contributed by atoms with Crippen LogP contribution in [-0.4, -0.2) is 23.0 Å². The molecule has 0 bridgehead atoms. The average Bonchev–Trinajstić information content (AvgIpc) is 2.78. The van der Waals surface area contributed by atoms with E-state index in [1.54, 1.807) is 37.7 Å². The van der Waals surface area contributed by atoms with E-state index in [9.17, 15) is 4.79 Å². The van der Waals surface area contributed by atoms with Crippen LogP contribution in [0.1, 0.15) is 15.9 Å². The SMILES string of the molecule is COc1ccc(CN2c3ncccc3NC(=O)c3cccnc32)cc1. The third-order valence-electron chi connectivity index (χ3n) is 4.08. The minimum absolute atomic E-state index is 0.186. The number of fused-ring (bicyclic) bond motifs is 2. The standard InChI is InChI=1S/C19H16N4O2/c1-25-14-8-6-13(7-9-14)12-23-17-15(4-2-10-20-17)19(24)22-16-5-3-11-21-18(16)23/h2-11H,12H2,1H3,(H,22,24). The van der Waals surface area contributed by atoms with E-state index < -0.39 is 0 Å². The molecule has 0 atom stereocenters. The summed E-state index contributed by atoms with van der Waals surface area (Å²) in [6, 6.07) is 15.0. The Bertz CT molecular complexity index is 925. The number of amides is 1. The maximum atomic E-state index is 12.5. The molecule has 4 rings (SSSR count). The van der Waals surface area contributed by atoms with E-state index in [4.69, 9.17) is 4.74 Å². The van der Waals surface area contributed by atoms with Crippen molar-refractivity contribution in [1.82, 2.24) is 9.97 Å². The third kappa shape index (κ3) is 2.78. The van der Waals surface area contributed by atoms with Crippen molar-refractivity contribution in [3.05, 3.63) is 72.1 Å². The lowest BCUT2D eigenvalue weighted by Crippen LogP contribution is -2.19. The van der Waals surface area contributed by atoms with Crippen LogP contribution in [0.4, 0.5) is 17.3 Å². The van der Waals surface area contributed by atoms with Gasteiger partial charge in [0.1, 0.15) is 11.6 Å². The molecule has 0 fully saturated rings.